The third-order valence-electron chi connectivity index (χ3n) is 4.42. The van der Waals surface area contributed by atoms with Gasteiger partial charge < -0.3 is 20.1 Å². The SMILES string of the molecule is CCNC(=NCC1(O)CCOCC1)N1CCSC(C(C)C)C1. The minimum Gasteiger partial charge on any atom is -0.388 e. The van der Waals surface area contributed by atoms with Crippen molar-refractivity contribution in [1.29, 1.82) is 0 Å². The minimum atomic E-state index is -0.694. The zero-order valence-corrected chi connectivity index (χ0v) is 15.0. The first-order valence-corrected chi connectivity index (χ1v) is 9.54. The summed E-state index contributed by atoms with van der Waals surface area (Å²) in [4.78, 5) is 7.10. The van der Waals surface area contributed by atoms with Gasteiger partial charge in [-0.1, -0.05) is 13.8 Å². The van der Waals surface area contributed by atoms with Crippen LogP contribution in [0.5, 0.6) is 0 Å². The minimum absolute atomic E-state index is 0.467. The van der Waals surface area contributed by atoms with Crippen molar-refractivity contribution >= 4 is 17.7 Å². The average Bonchev–Trinajstić information content (AvgIpc) is 2.52. The molecule has 2 aliphatic rings. The number of aliphatic hydroxyl groups is 1. The Morgan fingerprint density at radius 2 is 2.18 bits per heavy atom. The van der Waals surface area contributed by atoms with Crippen molar-refractivity contribution in [1.82, 2.24) is 10.2 Å². The second kappa shape index (κ2) is 8.41. The molecule has 2 rings (SSSR count). The molecule has 22 heavy (non-hydrogen) atoms. The summed E-state index contributed by atoms with van der Waals surface area (Å²) in [5.41, 5.74) is -0.694. The Bertz CT molecular complexity index is 370. The molecule has 2 N–H and O–H groups in total. The highest BCUT2D eigenvalue weighted by atomic mass is 32.2. The number of guanidine groups is 1. The standard InChI is InChI=1S/C16H31N3O2S/c1-4-17-15(18-12-16(20)5-8-21-9-6-16)19-7-10-22-14(11-19)13(2)3/h13-14,20H,4-12H2,1-3H3,(H,17,18). The molecule has 0 spiro atoms. The van der Waals surface area contributed by atoms with Gasteiger partial charge in [-0.25, -0.2) is 0 Å². The summed E-state index contributed by atoms with van der Waals surface area (Å²) >= 11 is 2.07. The topological polar surface area (TPSA) is 57.1 Å². The molecule has 2 aliphatic heterocycles. The lowest BCUT2D eigenvalue weighted by Gasteiger charge is -2.37. The van der Waals surface area contributed by atoms with E-state index in [1.807, 2.05) is 0 Å². The number of ether oxygens (including phenoxy) is 1. The van der Waals surface area contributed by atoms with E-state index in [0.29, 0.717) is 43.8 Å². The monoisotopic (exact) mass is 329 g/mol. The van der Waals surface area contributed by atoms with Crippen molar-refractivity contribution < 1.29 is 9.84 Å². The first kappa shape index (κ1) is 17.9. The molecule has 0 radical (unpaired) electrons. The van der Waals surface area contributed by atoms with E-state index >= 15 is 0 Å². The second-order valence-electron chi connectivity index (χ2n) is 6.61. The molecular formula is C16H31N3O2S. The van der Waals surface area contributed by atoms with Crippen molar-refractivity contribution in [3.8, 4) is 0 Å². The van der Waals surface area contributed by atoms with Crippen molar-refractivity contribution in [2.24, 2.45) is 10.9 Å². The van der Waals surface area contributed by atoms with Gasteiger partial charge in [0.1, 0.15) is 0 Å². The number of rotatable bonds is 4. The predicted octanol–water partition coefficient (Wildman–Crippen LogP) is 1.57. The number of hydrogen-bond donors (Lipinski definition) is 2. The molecule has 5 nitrogen and oxygen atoms in total. The van der Waals surface area contributed by atoms with Crippen LogP contribution in [0, 0.1) is 5.92 Å². The van der Waals surface area contributed by atoms with Crippen LogP contribution in [0.15, 0.2) is 4.99 Å². The van der Waals surface area contributed by atoms with Gasteiger partial charge in [-0.2, -0.15) is 11.8 Å². The molecule has 0 aliphatic carbocycles. The molecule has 0 bridgehead atoms. The maximum absolute atomic E-state index is 10.6. The smallest absolute Gasteiger partial charge is 0.194 e. The first-order chi connectivity index (χ1) is 10.5. The average molecular weight is 330 g/mol. The molecule has 0 amide bonds. The molecule has 2 heterocycles. The molecular weight excluding hydrogens is 298 g/mol. The van der Waals surface area contributed by atoms with Crippen molar-refractivity contribution in [2.45, 2.75) is 44.5 Å². The van der Waals surface area contributed by atoms with Crippen LogP contribution in [0.2, 0.25) is 0 Å². The summed E-state index contributed by atoms with van der Waals surface area (Å²) in [6, 6.07) is 0. The maximum atomic E-state index is 10.6. The van der Waals surface area contributed by atoms with Gasteiger partial charge in [0.2, 0.25) is 0 Å². The highest BCUT2D eigenvalue weighted by Gasteiger charge is 2.30. The molecule has 1 atom stereocenters. The second-order valence-corrected chi connectivity index (χ2v) is 7.95. The molecule has 0 aromatic rings. The number of aliphatic imine (C=N–C) groups is 1. The van der Waals surface area contributed by atoms with Crippen LogP contribution in [0.4, 0.5) is 0 Å². The van der Waals surface area contributed by atoms with Crippen molar-refractivity contribution in [3.63, 3.8) is 0 Å². The molecule has 0 aromatic heterocycles. The summed E-state index contributed by atoms with van der Waals surface area (Å²) in [5, 5.41) is 14.6. The van der Waals surface area contributed by atoms with E-state index in [-0.39, 0.29) is 0 Å². The summed E-state index contributed by atoms with van der Waals surface area (Å²) in [5.74, 6) is 2.77. The molecule has 0 aromatic carbocycles. The molecule has 6 heteroatoms. The Labute approximate surface area is 138 Å². The fraction of sp³-hybridized carbons (Fsp3) is 0.938. The fourth-order valence-electron chi connectivity index (χ4n) is 2.83. The van der Waals surface area contributed by atoms with Crippen LogP contribution in [0.25, 0.3) is 0 Å². The van der Waals surface area contributed by atoms with Crippen LogP contribution >= 0.6 is 11.8 Å². The van der Waals surface area contributed by atoms with Crippen LogP contribution in [0.3, 0.4) is 0 Å². The van der Waals surface area contributed by atoms with Gasteiger partial charge in [-0.05, 0) is 12.8 Å². The van der Waals surface area contributed by atoms with Gasteiger partial charge in [-0.3, -0.25) is 4.99 Å². The zero-order valence-electron chi connectivity index (χ0n) is 14.2. The van der Waals surface area contributed by atoms with Gasteiger partial charge in [0, 0.05) is 56.7 Å². The van der Waals surface area contributed by atoms with Crippen LogP contribution < -0.4 is 5.32 Å². The Kier molecular flexibility index (Phi) is 6.84. The number of nitrogens with one attached hydrogen (secondary N) is 1. The summed E-state index contributed by atoms with van der Waals surface area (Å²) in [7, 11) is 0. The van der Waals surface area contributed by atoms with E-state index in [2.05, 4.69) is 42.7 Å². The molecule has 128 valence electrons. The van der Waals surface area contributed by atoms with Crippen LogP contribution in [0.1, 0.15) is 33.6 Å². The molecule has 2 saturated heterocycles. The van der Waals surface area contributed by atoms with Crippen molar-refractivity contribution in [2.75, 3.05) is 45.1 Å². The third-order valence-corrected chi connectivity index (χ3v) is 5.96. The quantitative estimate of drug-likeness (QED) is 0.606. The summed E-state index contributed by atoms with van der Waals surface area (Å²) < 4.78 is 5.34. The van der Waals surface area contributed by atoms with Crippen LogP contribution in [-0.4, -0.2) is 72.0 Å². The Morgan fingerprint density at radius 3 is 2.82 bits per heavy atom. The van der Waals surface area contributed by atoms with Crippen molar-refractivity contribution in [3.05, 3.63) is 0 Å². The largest absolute Gasteiger partial charge is 0.388 e. The number of thioether (sulfide) groups is 1. The van der Waals surface area contributed by atoms with Gasteiger partial charge in [0.25, 0.3) is 0 Å². The fourth-order valence-corrected chi connectivity index (χ4v) is 4.13. The van der Waals surface area contributed by atoms with Gasteiger partial charge in [0.05, 0.1) is 12.1 Å². The van der Waals surface area contributed by atoms with Gasteiger partial charge >= 0.3 is 0 Å². The Morgan fingerprint density at radius 1 is 1.45 bits per heavy atom. The molecule has 2 fully saturated rings. The van der Waals surface area contributed by atoms with E-state index < -0.39 is 5.60 Å². The third kappa shape index (κ3) is 5.03. The highest BCUT2D eigenvalue weighted by molar-refractivity contribution is 8.00. The lowest BCUT2D eigenvalue weighted by atomic mass is 9.95. The van der Waals surface area contributed by atoms with E-state index in [1.54, 1.807) is 0 Å². The lowest BCUT2D eigenvalue weighted by molar-refractivity contribution is -0.0566. The summed E-state index contributed by atoms with van der Waals surface area (Å²) in [6.45, 7) is 11.3. The number of hydrogen-bond acceptors (Lipinski definition) is 4. The lowest BCUT2D eigenvalue weighted by Crippen LogP contribution is -2.50. The van der Waals surface area contributed by atoms with E-state index in [4.69, 9.17) is 9.73 Å². The van der Waals surface area contributed by atoms with Gasteiger partial charge in [0.15, 0.2) is 5.96 Å². The zero-order chi connectivity index (χ0) is 16.0. The van der Waals surface area contributed by atoms with Gasteiger partial charge in [-0.15, -0.1) is 0 Å². The Hall–Kier alpha value is -0.460. The summed E-state index contributed by atoms with van der Waals surface area (Å²) in [6.07, 6.45) is 1.36. The predicted molar refractivity (Wildman–Crippen MR) is 93.6 cm³/mol. The van der Waals surface area contributed by atoms with E-state index in [1.165, 1.54) is 0 Å². The van der Waals surface area contributed by atoms with E-state index in [0.717, 1.165) is 31.3 Å². The Balaban J connectivity index is 1.99. The molecule has 1 unspecified atom stereocenters. The van der Waals surface area contributed by atoms with Crippen LogP contribution in [-0.2, 0) is 4.74 Å². The molecule has 0 saturated carbocycles. The first-order valence-electron chi connectivity index (χ1n) is 8.49. The normalized spacial score (nSPS) is 26.3. The van der Waals surface area contributed by atoms with E-state index in [9.17, 15) is 5.11 Å². The number of nitrogens with zero attached hydrogens (tertiary/aromatic N) is 2. The maximum Gasteiger partial charge on any atom is 0.194 e. The highest BCUT2D eigenvalue weighted by Crippen LogP contribution is 2.25.